The molecule has 0 fully saturated rings. The first-order valence-electron chi connectivity index (χ1n) is 6.94. The fourth-order valence-electron chi connectivity index (χ4n) is 1.90. The minimum absolute atomic E-state index is 0.135. The second-order valence-corrected chi connectivity index (χ2v) is 4.87. The number of rotatable bonds is 2. The number of nitrogen functional groups attached to an aromatic ring is 1. The van der Waals surface area contributed by atoms with Gasteiger partial charge in [0.1, 0.15) is 11.9 Å². The Kier molecular flexibility index (Phi) is 5.45. The van der Waals surface area contributed by atoms with E-state index in [4.69, 9.17) is 15.6 Å². The molecule has 4 N–H and O–H groups in total. The van der Waals surface area contributed by atoms with Crippen LogP contribution in [-0.2, 0) is 4.74 Å². The molecule has 0 amide bonds. The summed E-state index contributed by atoms with van der Waals surface area (Å²) in [6.45, 7) is 1.47. The third kappa shape index (κ3) is 4.38. The van der Waals surface area contributed by atoms with Crippen LogP contribution >= 0.6 is 0 Å². The first-order valence-corrected chi connectivity index (χ1v) is 6.94. The van der Waals surface area contributed by atoms with Gasteiger partial charge in [-0.3, -0.25) is 14.3 Å². The quantitative estimate of drug-likeness (QED) is 0.667. The van der Waals surface area contributed by atoms with Crippen LogP contribution < -0.4 is 17.0 Å². The van der Waals surface area contributed by atoms with E-state index >= 15 is 0 Å². The molecule has 0 unspecified atom stereocenters. The van der Waals surface area contributed by atoms with Crippen LogP contribution in [0.2, 0.25) is 0 Å². The van der Waals surface area contributed by atoms with E-state index in [0.717, 1.165) is 0 Å². The molecule has 23 heavy (non-hydrogen) atoms. The summed E-state index contributed by atoms with van der Waals surface area (Å²) in [5.41, 5.74) is 4.76. The van der Waals surface area contributed by atoms with Gasteiger partial charge in [0.2, 0.25) is 0 Å². The lowest BCUT2D eigenvalue weighted by molar-refractivity contribution is -0.0104. The lowest BCUT2D eigenvalue weighted by Gasteiger charge is -2.14. The van der Waals surface area contributed by atoms with E-state index in [1.807, 2.05) is 12.1 Å². The molecule has 2 atom stereocenters. The number of nitrogens with one attached hydrogen (secondary N) is 1. The maximum Gasteiger partial charge on any atom is 0.330 e. The molecule has 122 valence electrons. The number of aromatic nitrogens is 3. The van der Waals surface area contributed by atoms with Gasteiger partial charge in [-0.1, -0.05) is 12.1 Å². The number of hydrogen-bond donors (Lipinski definition) is 3. The molecule has 0 aromatic carbocycles. The van der Waals surface area contributed by atoms with Crippen LogP contribution in [-0.4, -0.2) is 32.4 Å². The fraction of sp³-hybridized carbons (Fsp3) is 0.267. The van der Waals surface area contributed by atoms with Crippen molar-refractivity contribution in [1.82, 2.24) is 14.5 Å². The van der Waals surface area contributed by atoms with Gasteiger partial charge in [0.05, 0.1) is 6.61 Å². The Balaban J connectivity index is 0.000000229. The van der Waals surface area contributed by atoms with Crippen LogP contribution in [0.5, 0.6) is 0 Å². The number of ether oxygens (including phenoxy) is 1. The molecule has 2 aromatic heterocycles. The van der Waals surface area contributed by atoms with Gasteiger partial charge in [-0.05, 0) is 25.1 Å². The molecule has 1 aliphatic rings. The highest BCUT2D eigenvalue weighted by atomic mass is 16.5. The Hall–Kier alpha value is -2.71. The average molecular weight is 318 g/mol. The number of anilines is 1. The van der Waals surface area contributed by atoms with E-state index in [2.05, 4.69) is 9.97 Å². The van der Waals surface area contributed by atoms with Crippen molar-refractivity contribution in [3.8, 4) is 0 Å². The number of aliphatic hydroxyl groups excluding tert-OH is 1. The van der Waals surface area contributed by atoms with Crippen molar-refractivity contribution < 1.29 is 9.84 Å². The number of aryl methyl sites for hydroxylation is 1. The third-order valence-corrected chi connectivity index (χ3v) is 3.09. The summed E-state index contributed by atoms with van der Waals surface area (Å²) in [5.74, 6) is 0.572. The van der Waals surface area contributed by atoms with Crippen molar-refractivity contribution in [2.75, 3.05) is 12.3 Å². The van der Waals surface area contributed by atoms with Crippen LogP contribution in [0, 0.1) is 6.92 Å². The van der Waals surface area contributed by atoms with Gasteiger partial charge in [0.25, 0.3) is 5.56 Å². The molecule has 8 heteroatoms. The van der Waals surface area contributed by atoms with Crippen molar-refractivity contribution in [2.45, 2.75) is 19.3 Å². The lowest BCUT2D eigenvalue weighted by atomic mass is 10.3. The number of pyridine rings is 1. The van der Waals surface area contributed by atoms with E-state index < -0.39 is 23.6 Å². The van der Waals surface area contributed by atoms with Crippen LogP contribution in [0.4, 0.5) is 5.82 Å². The maximum atomic E-state index is 11.5. The highest BCUT2D eigenvalue weighted by Crippen LogP contribution is 2.18. The first kappa shape index (κ1) is 16.7. The second kappa shape index (κ2) is 7.52. The SMILES string of the molecule is Cc1cn([C@H]2C=C[C@@H](CO)O2)c(=O)[nH]c1=O.Nc1ccccn1. The highest BCUT2D eigenvalue weighted by Gasteiger charge is 2.20. The van der Waals surface area contributed by atoms with E-state index in [0.29, 0.717) is 11.4 Å². The standard InChI is InChI=1S/C10H12N2O4.C5H6N2/c1-6-4-12(10(15)11-9(6)14)8-3-2-7(5-13)16-8;6-5-3-1-2-4-7-5/h2-4,7-8,13H,5H2,1H3,(H,11,14,15);1-4H,(H2,6,7)/t7-,8+;/m0./s1. The number of nitrogens with two attached hydrogens (primary N) is 1. The van der Waals surface area contributed by atoms with Crippen LogP contribution in [0.1, 0.15) is 11.8 Å². The monoisotopic (exact) mass is 318 g/mol. The molecule has 0 spiro atoms. The van der Waals surface area contributed by atoms with Crippen molar-refractivity contribution in [3.63, 3.8) is 0 Å². The molecule has 0 saturated heterocycles. The number of H-pyrrole nitrogens is 1. The zero-order valence-corrected chi connectivity index (χ0v) is 12.5. The summed E-state index contributed by atoms with van der Waals surface area (Å²) in [4.78, 5) is 28.6. The average Bonchev–Trinajstić information content (AvgIpc) is 3.01. The smallest absolute Gasteiger partial charge is 0.330 e. The molecule has 3 heterocycles. The van der Waals surface area contributed by atoms with E-state index in [1.54, 1.807) is 31.3 Å². The summed E-state index contributed by atoms with van der Waals surface area (Å²) in [6.07, 6.45) is 5.48. The molecule has 0 aliphatic carbocycles. The predicted molar refractivity (Wildman–Crippen MR) is 84.8 cm³/mol. The van der Waals surface area contributed by atoms with E-state index in [9.17, 15) is 9.59 Å². The van der Waals surface area contributed by atoms with Crippen LogP contribution in [0.25, 0.3) is 0 Å². The number of nitrogens with zero attached hydrogens (tertiary/aromatic N) is 2. The predicted octanol–water partition coefficient (Wildman–Crippen LogP) is -0.0453. The van der Waals surface area contributed by atoms with Crippen molar-refractivity contribution in [3.05, 3.63) is 69.1 Å². The van der Waals surface area contributed by atoms with Gasteiger partial charge < -0.3 is 15.6 Å². The molecular formula is C15H18N4O4. The Morgan fingerprint density at radius 2 is 2.17 bits per heavy atom. The topological polar surface area (TPSA) is 123 Å². The molecule has 1 aliphatic heterocycles. The summed E-state index contributed by atoms with van der Waals surface area (Å²) < 4.78 is 6.63. The Bertz CT molecular complexity index is 782. The van der Waals surface area contributed by atoms with Crippen molar-refractivity contribution >= 4 is 5.82 Å². The summed E-state index contributed by atoms with van der Waals surface area (Å²) in [5, 5.41) is 8.88. The number of hydrogen-bond acceptors (Lipinski definition) is 6. The summed E-state index contributed by atoms with van der Waals surface area (Å²) in [6, 6.07) is 5.43. The minimum Gasteiger partial charge on any atom is -0.393 e. The van der Waals surface area contributed by atoms with E-state index in [1.165, 1.54) is 10.8 Å². The first-order chi connectivity index (χ1) is 11.0. The minimum atomic E-state index is -0.569. The normalized spacial score (nSPS) is 19.2. The Morgan fingerprint density at radius 1 is 1.39 bits per heavy atom. The summed E-state index contributed by atoms with van der Waals surface area (Å²) >= 11 is 0. The lowest BCUT2D eigenvalue weighted by Crippen LogP contribution is -2.33. The fourth-order valence-corrected chi connectivity index (χ4v) is 1.90. The van der Waals surface area contributed by atoms with Gasteiger partial charge in [0.15, 0.2) is 6.23 Å². The van der Waals surface area contributed by atoms with Gasteiger partial charge in [-0.2, -0.15) is 0 Å². The number of aromatic amines is 1. The molecular weight excluding hydrogens is 300 g/mol. The van der Waals surface area contributed by atoms with Crippen molar-refractivity contribution in [2.24, 2.45) is 0 Å². The summed E-state index contributed by atoms with van der Waals surface area (Å²) in [7, 11) is 0. The largest absolute Gasteiger partial charge is 0.393 e. The maximum absolute atomic E-state index is 11.5. The Morgan fingerprint density at radius 3 is 2.70 bits per heavy atom. The van der Waals surface area contributed by atoms with Crippen molar-refractivity contribution in [1.29, 1.82) is 0 Å². The molecule has 0 radical (unpaired) electrons. The molecule has 2 aromatic rings. The molecule has 0 bridgehead atoms. The Labute approximate surface area is 131 Å². The second-order valence-electron chi connectivity index (χ2n) is 4.87. The highest BCUT2D eigenvalue weighted by molar-refractivity contribution is 5.25. The van der Waals surface area contributed by atoms with Gasteiger partial charge in [-0.25, -0.2) is 9.78 Å². The van der Waals surface area contributed by atoms with Crippen LogP contribution in [0.15, 0.2) is 52.3 Å². The molecule has 8 nitrogen and oxygen atoms in total. The van der Waals surface area contributed by atoms with Gasteiger partial charge in [-0.15, -0.1) is 0 Å². The zero-order valence-electron chi connectivity index (χ0n) is 12.5. The molecule has 3 rings (SSSR count). The zero-order chi connectivity index (χ0) is 16.8. The third-order valence-electron chi connectivity index (χ3n) is 3.09. The van der Waals surface area contributed by atoms with Gasteiger partial charge >= 0.3 is 5.69 Å². The molecule has 0 saturated carbocycles. The van der Waals surface area contributed by atoms with E-state index in [-0.39, 0.29) is 6.61 Å². The van der Waals surface area contributed by atoms with Gasteiger partial charge in [0, 0.05) is 18.0 Å². The number of aliphatic hydroxyl groups is 1. The van der Waals surface area contributed by atoms with Crippen LogP contribution in [0.3, 0.4) is 0 Å².